The lowest BCUT2D eigenvalue weighted by atomic mass is 10.1. The minimum Gasteiger partial charge on any atom is -0.465 e. The smallest absolute Gasteiger partial charge is 0.337 e. The summed E-state index contributed by atoms with van der Waals surface area (Å²) in [5.41, 5.74) is 1.77. The van der Waals surface area contributed by atoms with Gasteiger partial charge in [-0.1, -0.05) is 12.1 Å². The SMILES string of the molecule is COC(=O)c1ccc(CN(C)c2nc3c(cnn3C)c(=O)[nH]2)cc1. The summed E-state index contributed by atoms with van der Waals surface area (Å²) in [6.45, 7) is 0.522. The van der Waals surface area contributed by atoms with Crippen LogP contribution < -0.4 is 10.5 Å². The summed E-state index contributed by atoms with van der Waals surface area (Å²) in [6, 6.07) is 7.08. The van der Waals surface area contributed by atoms with E-state index in [0.29, 0.717) is 29.1 Å². The number of esters is 1. The molecule has 3 aromatic rings. The van der Waals surface area contributed by atoms with Crippen molar-refractivity contribution in [3.63, 3.8) is 0 Å². The van der Waals surface area contributed by atoms with Crippen LogP contribution in [0.25, 0.3) is 11.0 Å². The van der Waals surface area contributed by atoms with Gasteiger partial charge in [-0.15, -0.1) is 0 Å². The van der Waals surface area contributed by atoms with Crippen molar-refractivity contribution in [2.45, 2.75) is 6.54 Å². The highest BCUT2D eigenvalue weighted by Crippen LogP contribution is 2.13. The molecule has 8 heteroatoms. The van der Waals surface area contributed by atoms with Gasteiger partial charge in [0.15, 0.2) is 5.65 Å². The quantitative estimate of drug-likeness (QED) is 0.721. The van der Waals surface area contributed by atoms with E-state index in [9.17, 15) is 9.59 Å². The minimum atomic E-state index is -0.373. The Morgan fingerprint density at radius 1 is 1.33 bits per heavy atom. The number of fused-ring (bicyclic) bond motifs is 1. The first-order chi connectivity index (χ1) is 11.5. The van der Waals surface area contributed by atoms with Gasteiger partial charge in [0.1, 0.15) is 5.39 Å². The second-order valence-corrected chi connectivity index (χ2v) is 5.44. The Morgan fingerprint density at radius 3 is 2.71 bits per heavy atom. The van der Waals surface area contributed by atoms with Gasteiger partial charge in [-0.25, -0.2) is 4.79 Å². The van der Waals surface area contributed by atoms with E-state index in [1.807, 2.05) is 24.1 Å². The standard InChI is InChI=1S/C16H17N5O3/c1-20(9-10-4-6-11(7-5-10)15(23)24-3)16-18-13-12(14(22)19-16)8-17-21(13)2/h4-8H,9H2,1-3H3,(H,18,19,22). The van der Waals surface area contributed by atoms with Gasteiger partial charge in [0.05, 0.1) is 18.9 Å². The maximum absolute atomic E-state index is 12.1. The zero-order valence-electron chi connectivity index (χ0n) is 13.6. The molecule has 0 bridgehead atoms. The molecule has 1 N–H and O–H groups in total. The average Bonchev–Trinajstić information content (AvgIpc) is 2.96. The van der Waals surface area contributed by atoms with Crippen LogP contribution in [0, 0.1) is 0 Å². The van der Waals surface area contributed by atoms with Crippen molar-refractivity contribution in [1.82, 2.24) is 19.7 Å². The van der Waals surface area contributed by atoms with Gasteiger partial charge < -0.3 is 9.64 Å². The van der Waals surface area contributed by atoms with Crippen LogP contribution in [0.5, 0.6) is 0 Å². The highest BCUT2D eigenvalue weighted by atomic mass is 16.5. The van der Waals surface area contributed by atoms with Gasteiger partial charge in [0.2, 0.25) is 5.95 Å². The van der Waals surface area contributed by atoms with Gasteiger partial charge >= 0.3 is 5.97 Å². The molecule has 0 fully saturated rings. The molecule has 1 aromatic carbocycles. The molecule has 0 amide bonds. The van der Waals surface area contributed by atoms with Crippen molar-refractivity contribution in [2.75, 3.05) is 19.1 Å². The van der Waals surface area contributed by atoms with Crippen LogP contribution in [0.2, 0.25) is 0 Å². The van der Waals surface area contributed by atoms with Crippen LogP contribution in [-0.2, 0) is 18.3 Å². The highest BCUT2D eigenvalue weighted by molar-refractivity contribution is 5.89. The topological polar surface area (TPSA) is 93.1 Å². The maximum atomic E-state index is 12.1. The predicted octanol–water partition coefficient (Wildman–Crippen LogP) is 1.08. The number of nitrogens with one attached hydrogen (secondary N) is 1. The van der Waals surface area contributed by atoms with Crippen LogP contribution >= 0.6 is 0 Å². The molecular weight excluding hydrogens is 310 g/mol. The number of methoxy groups -OCH3 is 1. The number of H-pyrrole nitrogens is 1. The number of nitrogens with zero attached hydrogens (tertiary/aromatic N) is 4. The molecule has 0 aliphatic carbocycles. The van der Waals surface area contributed by atoms with Crippen molar-refractivity contribution in [3.8, 4) is 0 Å². The van der Waals surface area contributed by atoms with E-state index in [-0.39, 0.29) is 11.5 Å². The maximum Gasteiger partial charge on any atom is 0.337 e. The third-order valence-corrected chi connectivity index (χ3v) is 3.75. The Kier molecular flexibility index (Phi) is 4.03. The summed E-state index contributed by atoms with van der Waals surface area (Å²) in [4.78, 5) is 32.6. The molecule has 0 spiro atoms. The molecule has 0 atom stereocenters. The third kappa shape index (κ3) is 2.85. The number of rotatable bonds is 4. The summed E-state index contributed by atoms with van der Waals surface area (Å²) in [5, 5.41) is 4.50. The Hall–Kier alpha value is -3.16. The van der Waals surface area contributed by atoms with Crippen molar-refractivity contribution in [2.24, 2.45) is 7.05 Å². The fourth-order valence-electron chi connectivity index (χ4n) is 2.41. The number of aromatic amines is 1. The summed E-state index contributed by atoms with van der Waals surface area (Å²) < 4.78 is 6.24. The monoisotopic (exact) mass is 327 g/mol. The largest absolute Gasteiger partial charge is 0.465 e. The van der Waals surface area contributed by atoms with Crippen LogP contribution in [0.15, 0.2) is 35.3 Å². The van der Waals surface area contributed by atoms with E-state index in [2.05, 4.69) is 19.8 Å². The van der Waals surface area contributed by atoms with Crippen LogP contribution in [-0.4, -0.2) is 39.9 Å². The number of hydrogen-bond donors (Lipinski definition) is 1. The molecular formula is C16H17N5O3. The number of carbonyl (C=O) groups is 1. The summed E-state index contributed by atoms with van der Waals surface area (Å²) in [7, 11) is 4.92. The van der Waals surface area contributed by atoms with Crippen LogP contribution in [0.1, 0.15) is 15.9 Å². The molecule has 0 unspecified atom stereocenters. The number of benzene rings is 1. The summed E-state index contributed by atoms with van der Waals surface area (Å²) >= 11 is 0. The molecule has 8 nitrogen and oxygen atoms in total. The Morgan fingerprint density at radius 2 is 2.04 bits per heavy atom. The van der Waals surface area contributed by atoms with E-state index in [1.165, 1.54) is 13.3 Å². The third-order valence-electron chi connectivity index (χ3n) is 3.75. The van der Waals surface area contributed by atoms with E-state index in [0.717, 1.165) is 5.56 Å². The normalized spacial score (nSPS) is 10.8. The Bertz CT molecular complexity index is 942. The molecule has 0 radical (unpaired) electrons. The molecule has 124 valence electrons. The molecule has 0 saturated carbocycles. The summed E-state index contributed by atoms with van der Waals surface area (Å²) in [6.07, 6.45) is 1.50. The molecule has 3 rings (SSSR count). The van der Waals surface area contributed by atoms with Crippen LogP contribution in [0.3, 0.4) is 0 Å². The van der Waals surface area contributed by atoms with E-state index in [1.54, 1.807) is 23.9 Å². The Labute approximate surface area is 137 Å². The van der Waals surface area contributed by atoms with E-state index >= 15 is 0 Å². The zero-order chi connectivity index (χ0) is 17.3. The molecule has 0 aliphatic heterocycles. The van der Waals surface area contributed by atoms with Crippen molar-refractivity contribution in [3.05, 3.63) is 51.9 Å². The fourth-order valence-corrected chi connectivity index (χ4v) is 2.41. The molecule has 2 aromatic heterocycles. The number of anilines is 1. The predicted molar refractivity (Wildman–Crippen MR) is 89.0 cm³/mol. The van der Waals surface area contributed by atoms with Crippen molar-refractivity contribution >= 4 is 23.0 Å². The lowest BCUT2D eigenvalue weighted by Crippen LogP contribution is -2.23. The summed E-state index contributed by atoms with van der Waals surface area (Å²) in [5.74, 6) is 0.0794. The fraction of sp³-hybridized carbons (Fsp3) is 0.250. The van der Waals surface area contributed by atoms with E-state index in [4.69, 9.17) is 0 Å². The lowest BCUT2D eigenvalue weighted by molar-refractivity contribution is 0.0600. The van der Waals surface area contributed by atoms with Crippen LogP contribution in [0.4, 0.5) is 5.95 Å². The average molecular weight is 327 g/mol. The zero-order valence-corrected chi connectivity index (χ0v) is 13.6. The first-order valence-electron chi connectivity index (χ1n) is 7.30. The molecule has 0 aliphatic rings. The first kappa shape index (κ1) is 15.7. The molecule has 2 heterocycles. The number of carbonyl (C=O) groups excluding carboxylic acids is 1. The second-order valence-electron chi connectivity index (χ2n) is 5.44. The van der Waals surface area contributed by atoms with Gasteiger partial charge in [-0.3, -0.25) is 14.5 Å². The highest BCUT2D eigenvalue weighted by Gasteiger charge is 2.12. The Balaban J connectivity index is 1.84. The van der Waals surface area contributed by atoms with Gasteiger partial charge in [0.25, 0.3) is 5.56 Å². The van der Waals surface area contributed by atoms with Gasteiger partial charge in [0, 0.05) is 20.6 Å². The van der Waals surface area contributed by atoms with Gasteiger partial charge in [-0.05, 0) is 17.7 Å². The lowest BCUT2D eigenvalue weighted by Gasteiger charge is -2.17. The number of aromatic nitrogens is 4. The number of ether oxygens (including phenoxy) is 1. The second kappa shape index (κ2) is 6.15. The molecule has 24 heavy (non-hydrogen) atoms. The minimum absolute atomic E-state index is 0.226. The van der Waals surface area contributed by atoms with Gasteiger partial charge in [-0.2, -0.15) is 10.1 Å². The first-order valence-corrected chi connectivity index (χ1v) is 7.30. The number of aryl methyl sites for hydroxylation is 1. The van der Waals surface area contributed by atoms with Crippen molar-refractivity contribution in [1.29, 1.82) is 0 Å². The van der Waals surface area contributed by atoms with Crippen molar-refractivity contribution < 1.29 is 9.53 Å². The number of hydrogen-bond acceptors (Lipinski definition) is 6. The van der Waals surface area contributed by atoms with E-state index < -0.39 is 0 Å². The molecule has 0 saturated heterocycles.